The van der Waals surface area contributed by atoms with Crippen LogP contribution in [0.25, 0.3) is 12.2 Å². The molecule has 1 unspecified atom stereocenters. The van der Waals surface area contributed by atoms with Crippen LogP contribution < -0.4 is 10.6 Å². The number of amides is 2. The largest absolute Gasteiger partial charge is 0.322 e. The van der Waals surface area contributed by atoms with E-state index >= 15 is 0 Å². The summed E-state index contributed by atoms with van der Waals surface area (Å²) in [5, 5.41) is 5.23. The van der Waals surface area contributed by atoms with Crippen LogP contribution in [-0.2, 0) is 21.2 Å². The van der Waals surface area contributed by atoms with Crippen LogP contribution in [0.4, 0.5) is 11.4 Å². The summed E-state index contributed by atoms with van der Waals surface area (Å²) in [5.74, 6) is -1.54. The maximum Gasteiger partial charge on any atom is 0.295 e. The predicted molar refractivity (Wildman–Crippen MR) is 209 cm³/mol. The molecule has 0 aliphatic rings. The Kier molecular flexibility index (Phi) is 11.5. The lowest BCUT2D eigenvalue weighted by Crippen LogP contribution is -2.13. The lowest BCUT2D eigenvalue weighted by atomic mass is 10.0. The van der Waals surface area contributed by atoms with Crippen molar-refractivity contribution in [1.82, 2.24) is 0 Å². The molecule has 6 aromatic carbocycles. The third-order valence-electron chi connectivity index (χ3n) is 8.34. The van der Waals surface area contributed by atoms with E-state index in [4.69, 9.17) is 0 Å². The summed E-state index contributed by atoms with van der Waals surface area (Å²) < 4.78 is 57.1. The van der Waals surface area contributed by atoms with Gasteiger partial charge < -0.3 is 15.2 Å². The molecule has 4 N–H and O–H groups in total. The first kappa shape index (κ1) is 38.1. The van der Waals surface area contributed by atoms with Crippen molar-refractivity contribution in [2.24, 2.45) is 0 Å². The molecule has 0 saturated carbocycles. The third kappa shape index (κ3) is 9.30. The molecule has 274 valence electrons. The topological polar surface area (TPSA) is 184 Å². The van der Waals surface area contributed by atoms with Crippen molar-refractivity contribution in [1.29, 1.82) is 0 Å². The minimum Gasteiger partial charge on any atom is -0.322 e. The van der Waals surface area contributed by atoms with Gasteiger partial charge in [-0.15, -0.1) is 0 Å². The minimum atomic E-state index is -4.81. The summed E-state index contributed by atoms with van der Waals surface area (Å²) in [5.41, 5.74) is 2.66. The van der Waals surface area contributed by atoms with Gasteiger partial charge in [-0.25, -0.2) is 4.21 Å². The van der Waals surface area contributed by atoms with Gasteiger partial charge in [0.1, 0.15) is 4.90 Å². The Labute approximate surface area is 318 Å². The molecule has 6 rings (SSSR count). The van der Waals surface area contributed by atoms with Crippen LogP contribution in [0.15, 0.2) is 155 Å². The van der Waals surface area contributed by atoms with E-state index in [1.807, 2.05) is 0 Å². The van der Waals surface area contributed by atoms with Gasteiger partial charge in [0.05, 0.1) is 4.90 Å². The molecular formula is C42H30N2O9S2. The fourth-order valence-electron chi connectivity index (χ4n) is 5.52. The molecule has 55 heavy (non-hydrogen) atoms. The summed E-state index contributed by atoms with van der Waals surface area (Å²) >= 11 is -2.53. The van der Waals surface area contributed by atoms with Gasteiger partial charge in [0.15, 0.2) is 22.6 Å². The van der Waals surface area contributed by atoms with E-state index in [1.165, 1.54) is 91.0 Å². The fraction of sp³-hybridized carbons (Fsp3) is 0. The van der Waals surface area contributed by atoms with E-state index in [2.05, 4.69) is 10.6 Å². The second-order valence-corrected chi connectivity index (χ2v) is 14.3. The lowest BCUT2D eigenvalue weighted by molar-refractivity contribution is 0.101. The van der Waals surface area contributed by atoms with Crippen molar-refractivity contribution in [3.05, 3.63) is 190 Å². The van der Waals surface area contributed by atoms with Gasteiger partial charge in [0, 0.05) is 44.8 Å². The molecule has 2 amide bonds. The molecule has 6 aromatic rings. The number of rotatable bonds is 12. The summed E-state index contributed by atoms with van der Waals surface area (Å²) in [6, 6.07) is 37.3. The van der Waals surface area contributed by atoms with Crippen LogP contribution in [-0.4, -0.2) is 45.1 Å². The molecule has 1 atom stereocenters. The Bertz CT molecular complexity index is 2590. The average molecular weight is 771 g/mol. The normalized spacial score (nSPS) is 11.8. The zero-order valence-corrected chi connectivity index (χ0v) is 30.2. The number of ketones is 2. The summed E-state index contributed by atoms with van der Waals surface area (Å²) in [7, 11) is -4.81. The van der Waals surface area contributed by atoms with Crippen molar-refractivity contribution in [2.45, 2.75) is 9.79 Å². The highest BCUT2D eigenvalue weighted by Gasteiger charge is 2.18. The van der Waals surface area contributed by atoms with E-state index in [0.717, 1.165) is 6.07 Å². The second kappa shape index (κ2) is 16.6. The van der Waals surface area contributed by atoms with E-state index in [9.17, 15) is 40.9 Å². The first-order valence-electron chi connectivity index (χ1n) is 16.4. The highest BCUT2D eigenvalue weighted by Crippen LogP contribution is 2.26. The first-order chi connectivity index (χ1) is 26.4. The Morgan fingerprint density at radius 3 is 1.33 bits per heavy atom. The molecule has 0 aliphatic carbocycles. The number of carbonyl (C=O) groups is 4. The molecule has 0 bridgehead atoms. The van der Waals surface area contributed by atoms with E-state index < -0.39 is 37.9 Å². The summed E-state index contributed by atoms with van der Waals surface area (Å²) in [6.07, 6.45) is 2.66. The van der Waals surface area contributed by atoms with E-state index in [1.54, 1.807) is 60.7 Å². The van der Waals surface area contributed by atoms with Crippen molar-refractivity contribution in [3.8, 4) is 0 Å². The first-order valence-corrected chi connectivity index (χ1v) is 19.0. The number of hydrogen-bond donors (Lipinski definition) is 4. The number of benzene rings is 6. The molecule has 0 aliphatic heterocycles. The van der Waals surface area contributed by atoms with Gasteiger partial charge in [-0.3, -0.25) is 23.7 Å². The minimum absolute atomic E-state index is 0.00511. The quantitative estimate of drug-likeness (QED) is 0.0420. The van der Waals surface area contributed by atoms with Gasteiger partial charge in [-0.2, -0.15) is 8.42 Å². The standard InChI is InChI=1S/C42H30N2O9S2/c45-39(29-7-3-1-4-8-29)31-13-17-33(18-14-31)41(47)43-35-23-21-27(37(25-35)54(49)50)11-12-28-22-24-36(26-38(28)55(51,52)53)44-42(48)34-19-15-32(16-20-34)40(46)30-9-5-2-6-10-30/h1-26H,(H,43,47)(H,44,48)(H,49,50)(H,51,52,53)/b12-11+. The van der Waals surface area contributed by atoms with E-state index in [-0.39, 0.29) is 50.1 Å². The van der Waals surface area contributed by atoms with Crippen molar-refractivity contribution in [3.63, 3.8) is 0 Å². The van der Waals surface area contributed by atoms with Crippen LogP contribution in [0, 0.1) is 0 Å². The monoisotopic (exact) mass is 770 g/mol. The van der Waals surface area contributed by atoms with Crippen LogP contribution in [0.2, 0.25) is 0 Å². The number of hydrogen-bond acceptors (Lipinski definition) is 7. The highest BCUT2D eigenvalue weighted by molar-refractivity contribution is 7.86. The average Bonchev–Trinajstić information content (AvgIpc) is 3.20. The van der Waals surface area contributed by atoms with Gasteiger partial charge in [-0.05, 0) is 59.7 Å². The molecule has 0 saturated heterocycles. The van der Waals surface area contributed by atoms with Crippen molar-refractivity contribution >= 4 is 68.1 Å². The Morgan fingerprint density at radius 1 is 0.509 bits per heavy atom. The predicted octanol–water partition coefficient (Wildman–Crippen LogP) is 7.65. The van der Waals surface area contributed by atoms with Gasteiger partial charge >= 0.3 is 0 Å². The highest BCUT2D eigenvalue weighted by atomic mass is 32.2. The molecule has 13 heteroatoms. The molecule has 0 aromatic heterocycles. The molecular weight excluding hydrogens is 741 g/mol. The summed E-state index contributed by atoms with van der Waals surface area (Å²) in [6.45, 7) is 0. The maximum atomic E-state index is 13.0. The molecule has 0 spiro atoms. The smallest absolute Gasteiger partial charge is 0.295 e. The summed E-state index contributed by atoms with van der Waals surface area (Å²) in [4.78, 5) is 50.7. The Balaban J connectivity index is 1.15. The van der Waals surface area contributed by atoms with E-state index in [0.29, 0.717) is 22.3 Å². The zero-order chi connectivity index (χ0) is 39.1. The number of nitrogens with one attached hydrogen (secondary N) is 2. The maximum absolute atomic E-state index is 13.0. The lowest BCUT2D eigenvalue weighted by Gasteiger charge is -2.11. The fourth-order valence-corrected chi connectivity index (χ4v) is 6.79. The molecule has 0 heterocycles. The van der Waals surface area contributed by atoms with Gasteiger partial charge in [0.25, 0.3) is 21.9 Å². The third-order valence-corrected chi connectivity index (χ3v) is 9.98. The molecule has 11 nitrogen and oxygen atoms in total. The van der Waals surface area contributed by atoms with Crippen molar-refractivity contribution in [2.75, 3.05) is 10.6 Å². The zero-order valence-electron chi connectivity index (χ0n) is 28.6. The second-order valence-electron chi connectivity index (χ2n) is 12.0. The van der Waals surface area contributed by atoms with Crippen LogP contribution >= 0.6 is 0 Å². The number of anilines is 2. The Morgan fingerprint density at radius 2 is 0.891 bits per heavy atom. The van der Waals surface area contributed by atoms with Gasteiger partial charge in [-0.1, -0.05) is 109 Å². The molecule has 0 fully saturated rings. The van der Waals surface area contributed by atoms with Gasteiger partial charge in [0.2, 0.25) is 0 Å². The van der Waals surface area contributed by atoms with Crippen molar-refractivity contribution < 1.29 is 40.9 Å². The molecule has 0 radical (unpaired) electrons. The SMILES string of the molecule is O=C(Nc1ccc(/C=C/c2ccc(NC(=O)c3ccc(C(=O)c4ccccc4)cc3)cc2S(=O)(=O)O)c(S(=O)O)c1)c1ccc(C(=O)c2ccccc2)cc1. The number of carbonyl (C=O) groups excluding carboxylic acids is 4. The Hall–Kier alpha value is -6.64. The van der Waals surface area contributed by atoms with Crippen LogP contribution in [0.5, 0.6) is 0 Å². The van der Waals surface area contributed by atoms with Crippen LogP contribution in [0.3, 0.4) is 0 Å². The van der Waals surface area contributed by atoms with Crippen LogP contribution in [0.1, 0.15) is 63.7 Å².